The van der Waals surface area contributed by atoms with Crippen LogP contribution in [0, 0.1) is 11.8 Å². The van der Waals surface area contributed by atoms with Crippen molar-refractivity contribution in [1.29, 1.82) is 5.26 Å². The molecule has 0 aromatic rings. The minimum atomic E-state index is 0.171. The summed E-state index contributed by atoms with van der Waals surface area (Å²) in [4.78, 5) is 9.77. The van der Waals surface area contributed by atoms with Crippen LogP contribution in [0.2, 0.25) is 0 Å². The molecule has 0 saturated heterocycles. The number of ketones is 1. The molecule has 0 aromatic heterocycles. The summed E-state index contributed by atoms with van der Waals surface area (Å²) in [6, 6.07) is 0. The first kappa shape index (κ1) is 9.81. The van der Waals surface area contributed by atoms with Crippen molar-refractivity contribution in [3.05, 3.63) is 0 Å². The van der Waals surface area contributed by atoms with Gasteiger partial charge in [-0.25, -0.2) is 5.26 Å². The fraction of sp³-hybridized carbons (Fsp3) is 0.500. The first-order valence-corrected chi connectivity index (χ1v) is 2.70. The second-order valence-corrected chi connectivity index (χ2v) is 1.40. The highest BCUT2D eigenvalue weighted by Gasteiger charge is 1.78. The van der Waals surface area contributed by atoms with E-state index >= 15 is 0 Å². The number of carbonyl (C=O) groups excluding carboxylic acids is 1. The average Bonchev–Trinajstić information content (AvgIpc) is 1.73. The van der Waals surface area contributed by atoms with E-state index in [4.69, 9.17) is 5.26 Å². The summed E-state index contributed by atoms with van der Waals surface area (Å²) in [5.74, 6) is 0.171. The first-order valence-electron chi connectivity index (χ1n) is 1.58. The van der Waals surface area contributed by atoms with Crippen molar-refractivity contribution < 1.29 is 4.79 Å². The summed E-state index contributed by atoms with van der Waals surface area (Å²) in [6.07, 6.45) is 0. The third-order valence-electron chi connectivity index (χ3n) is 0.188. The van der Waals surface area contributed by atoms with Gasteiger partial charge in [0.05, 0.1) is 5.33 Å². The van der Waals surface area contributed by atoms with Crippen LogP contribution in [0.15, 0.2) is 0 Å². The van der Waals surface area contributed by atoms with E-state index in [-0.39, 0.29) is 5.78 Å². The van der Waals surface area contributed by atoms with Crippen molar-refractivity contribution in [2.24, 2.45) is 0 Å². The smallest absolute Gasteiger partial charge is 0.140 e. The van der Waals surface area contributed by atoms with Crippen LogP contribution in [0.4, 0.5) is 0 Å². The van der Waals surface area contributed by atoms with E-state index in [1.54, 1.807) is 0 Å². The van der Waals surface area contributed by atoms with Crippen LogP contribution in [0.25, 0.3) is 0 Å². The van der Waals surface area contributed by atoms with E-state index in [2.05, 4.69) is 22.5 Å². The molecule has 0 amide bonds. The molecule has 0 rings (SSSR count). The van der Waals surface area contributed by atoms with Gasteiger partial charge in [0, 0.05) is 6.57 Å². The molecule has 0 fully saturated rings. The third kappa shape index (κ3) is 27.8. The minimum Gasteiger partial charge on any atom is -0.299 e. The molecule has 0 aromatic carbocycles. The summed E-state index contributed by atoms with van der Waals surface area (Å²) in [6.45, 7) is 5.04. The van der Waals surface area contributed by atoms with E-state index in [1.165, 1.54) is 6.92 Å². The molecule has 40 valence electrons. The van der Waals surface area contributed by atoms with Gasteiger partial charge in [-0.3, -0.25) is 4.79 Å². The van der Waals surface area contributed by atoms with Crippen LogP contribution in [-0.2, 0) is 4.79 Å². The second kappa shape index (κ2) is 9.16. The number of halogens is 1. The van der Waals surface area contributed by atoms with Gasteiger partial charge in [-0.1, -0.05) is 15.9 Å². The Bertz CT molecular complexity index is 69.3. The minimum absolute atomic E-state index is 0.171. The number of alkyl halides is 1. The molecule has 0 aliphatic rings. The van der Waals surface area contributed by atoms with Crippen LogP contribution < -0.4 is 0 Å². The highest BCUT2D eigenvalue weighted by atomic mass is 79.9. The number of nitriles is 1. The highest BCUT2D eigenvalue weighted by molar-refractivity contribution is 9.09. The lowest BCUT2D eigenvalue weighted by molar-refractivity contribution is -0.114. The molecule has 0 N–H and O–H groups in total. The van der Waals surface area contributed by atoms with Gasteiger partial charge in [-0.15, -0.1) is 0 Å². The predicted molar refractivity (Wildman–Crippen MR) is 31.1 cm³/mol. The summed E-state index contributed by atoms with van der Waals surface area (Å²) in [5, 5.41) is 6.98. The SMILES string of the molecule is C#N.CC(=O)CBr. The number of carbonyl (C=O) groups is 1. The van der Waals surface area contributed by atoms with E-state index in [9.17, 15) is 4.79 Å². The molecule has 0 unspecified atom stereocenters. The maximum absolute atomic E-state index is 9.77. The number of Topliss-reactive ketones (excluding diaryl/α,β-unsaturated/α-hetero) is 1. The molecule has 0 spiro atoms. The molecule has 0 atom stereocenters. The van der Waals surface area contributed by atoms with Gasteiger partial charge >= 0.3 is 0 Å². The molecule has 0 aliphatic heterocycles. The van der Waals surface area contributed by atoms with Crippen molar-refractivity contribution in [2.45, 2.75) is 6.92 Å². The predicted octanol–water partition coefficient (Wildman–Crippen LogP) is 1.11. The van der Waals surface area contributed by atoms with Crippen molar-refractivity contribution in [3.8, 4) is 6.57 Å². The third-order valence-corrected chi connectivity index (χ3v) is 0.978. The first-order chi connectivity index (χ1) is 3.27. The lowest BCUT2D eigenvalue weighted by Crippen LogP contribution is -1.85. The molecular weight excluding hydrogens is 158 g/mol. The monoisotopic (exact) mass is 163 g/mol. The van der Waals surface area contributed by atoms with E-state index in [0.29, 0.717) is 5.33 Å². The summed E-state index contributed by atoms with van der Waals surface area (Å²) in [7, 11) is 0. The van der Waals surface area contributed by atoms with Gasteiger partial charge in [0.1, 0.15) is 5.78 Å². The van der Waals surface area contributed by atoms with E-state index < -0.39 is 0 Å². The number of hydrogen-bond acceptors (Lipinski definition) is 2. The maximum Gasteiger partial charge on any atom is 0.140 e. The molecule has 0 bridgehead atoms. The second-order valence-electron chi connectivity index (χ2n) is 0.836. The molecule has 2 nitrogen and oxygen atoms in total. The van der Waals surface area contributed by atoms with Gasteiger partial charge in [-0.2, -0.15) is 0 Å². The zero-order valence-electron chi connectivity index (χ0n) is 4.02. The zero-order chi connectivity index (χ0) is 6.28. The van der Waals surface area contributed by atoms with Crippen molar-refractivity contribution >= 4 is 21.7 Å². The topological polar surface area (TPSA) is 40.9 Å². The van der Waals surface area contributed by atoms with E-state index in [0.717, 1.165) is 0 Å². The Morgan fingerprint density at radius 1 is 1.86 bits per heavy atom. The Kier molecular flexibility index (Phi) is 12.8. The number of rotatable bonds is 1. The average molecular weight is 164 g/mol. The normalized spacial score (nSPS) is 5.71. The summed E-state index contributed by atoms with van der Waals surface area (Å²) >= 11 is 2.96. The van der Waals surface area contributed by atoms with Crippen LogP contribution >= 0.6 is 15.9 Å². The zero-order valence-corrected chi connectivity index (χ0v) is 5.60. The Labute approximate surface area is 51.3 Å². The van der Waals surface area contributed by atoms with Crippen molar-refractivity contribution in [2.75, 3.05) is 5.33 Å². The molecule has 0 aliphatic carbocycles. The van der Waals surface area contributed by atoms with Gasteiger partial charge < -0.3 is 0 Å². The Balaban J connectivity index is 0. The Morgan fingerprint density at radius 2 is 2.00 bits per heavy atom. The fourth-order valence-corrected chi connectivity index (χ4v) is 0. The van der Waals surface area contributed by atoms with Crippen LogP contribution in [0.1, 0.15) is 6.92 Å². The van der Waals surface area contributed by atoms with Crippen LogP contribution in [-0.4, -0.2) is 11.1 Å². The summed E-state index contributed by atoms with van der Waals surface area (Å²) < 4.78 is 0. The molecular formula is C4H6BrNO. The van der Waals surface area contributed by atoms with Crippen molar-refractivity contribution in [3.63, 3.8) is 0 Å². The molecule has 0 heterocycles. The lowest BCUT2D eigenvalue weighted by Gasteiger charge is -1.69. The van der Waals surface area contributed by atoms with Gasteiger partial charge in [-0.05, 0) is 6.92 Å². The van der Waals surface area contributed by atoms with Crippen LogP contribution in [0.3, 0.4) is 0 Å². The van der Waals surface area contributed by atoms with Gasteiger partial charge in [0.15, 0.2) is 0 Å². The largest absolute Gasteiger partial charge is 0.299 e. The van der Waals surface area contributed by atoms with Crippen LogP contribution in [0.5, 0.6) is 0 Å². The quantitative estimate of drug-likeness (QED) is 0.544. The molecule has 0 radical (unpaired) electrons. The lowest BCUT2D eigenvalue weighted by atomic mass is 10.5. The highest BCUT2D eigenvalue weighted by Crippen LogP contribution is 1.76. The number of nitrogens with zero attached hydrogens (tertiary/aromatic N) is 1. The van der Waals surface area contributed by atoms with Gasteiger partial charge in [0.2, 0.25) is 0 Å². The fourth-order valence-electron chi connectivity index (χ4n) is 0. The number of hydrogen-bond donors (Lipinski definition) is 0. The summed E-state index contributed by atoms with van der Waals surface area (Å²) in [5.41, 5.74) is 0. The van der Waals surface area contributed by atoms with Crippen molar-refractivity contribution in [1.82, 2.24) is 0 Å². The van der Waals surface area contributed by atoms with E-state index in [1.807, 2.05) is 0 Å². The Hall–Kier alpha value is -0.360. The molecule has 0 saturated carbocycles. The Morgan fingerprint density at radius 3 is 2.00 bits per heavy atom. The van der Waals surface area contributed by atoms with Gasteiger partial charge in [0.25, 0.3) is 0 Å². The molecule has 7 heavy (non-hydrogen) atoms. The standard InChI is InChI=1S/C3H5BrO.CHN/c1-3(5)2-4;1-2/h2H2,1H3;1H. The molecule has 3 heteroatoms. The maximum atomic E-state index is 9.77.